The van der Waals surface area contributed by atoms with E-state index in [2.05, 4.69) is 25.0 Å². The molecule has 7 N–H and O–H groups in total. The first-order valence-corrected chi connectivity index (χ1v) is 18.1. The molecule has 0 spiro atoms. The summed E-state index contributed by atoms with van der Waals surface area (Å²) >= 11 is 10.5. The zero-order chi connectivity index (χ0) is 31.0. The van der Waals surface area contributed by atoms with Crippen LogP contribution in [-0.2, 0) is 51.2 Å². The molecule has 44 heavy (non-hydrogen) atoms. The number of fused-ring (bicyclic) bond motifs is 5. The number of ether oxygens (including phenoxy) is 2. The summed E-state index contributed by atoms with van der Waals surface area (Å²) in [6.07, 6.45) is -4.49. The minimum absolute atomic E-state index is 0.0422. The summed E-state index contributed by atoms with van der Waals surface area (Å²) in [5.41, 5.74) is 12.3. The maximum absolute atomic E-state index is 15.8. The lowest BCUT2D eigenvalue weighted by atomic mass is 10.1. The molecule has 0 saturated carbocycles. The van der Waals surface area contributed by atoms with Crippen LogP contribution in [0.5, 0.6) is 0 Å². The maximum atomic E-state index is 15.8. The Labute approximate surface area is 255 Å². The van der Waals surface area contributed by atoms with Crippen LogP contribution >= 0.6 is 13.4 Å². The van der Waals surface area contributed by atoms with E-state index in [1.807, 2.05) is 0 Å². The predicted molar refractivity (Wildman–Crippen MR) is 156 cm³/mol. The van der Waals surface area contributed by atoms with Crippen molar-refractivity contribution in [2.24, 2.45) is 0 Å². The molecule has 0 radical (unpaired) electrons. The van der Waals surface area contributed by atoms with Gasteiger partial charge in [0, 0.05) is 6.42 Å². The fourth-order valence-electron chi connectivity index (χ4n) is 5.33. The third kappa shape index (κ3) is 5.46. The molecule has 9 atom stereocenters. The highest BCUT2D eigenvalue weighted by molar-refractivity contribution is 8.07. The fourth-order valence-corrected chi connectivity index (χ4v) is 8.21. The minimum Gasteiger partial charge on any atom is -0.396 e. The van der Waals surface area contributed by atoms with E-state index in [-0.39, 0.29) is 23.5 Å². The number of nitrogens with one attached hydrogen (secondary N) is 1. The summed E-state index contributed by atoms with van der Waals surface area (Å²) in [4.78, 5) is 49.0. The van der Waals surface area contributed by atoms with E-state index in [0.29, 0.717) is 17.0 Å². The zero-order valence-electron chi connectivity index (χ0n) is 22.2. The van der Waals surface area contributed by atoms with Gasteiger partial charge in [-0.1, -0.05) is 0 Å². The van der Waals surface area contributed by atoms with Crippen molar-refractivity contribution in [3.05, 3.63) is 40.8 Å². The molecule has 3 aliphatic rings. The van der Waals surface area contributed by atoms with Gasteiger partial charge in [0.25, 0.3) is 5.56 Å². The second-order valence-electron chi connectivity index (χ2n) is 10.1. The monoisotopic (exact) mass is 691 g/mol. The molecule has 3 aliphatic heterocycles. The number of hydrogen-bond acceptors (Lipinski definition) is 15. The first kappa shape index (κ1) is 30.2. The Kier molecular flexibility index (Phi) is 7.59. The van der Waals surface area contributed by atoms with Gasteiger partial charge in [0.1, 0.15) is 24.4 Å². The quantitative estimate of drug-likeness (QED) is 0.178. The molecule has 236 valence electrons. The fraction of sp³-hybridized carbons (Fsp3) is 0.476. The molecular formula is C21H24FN9O9P2S2. The summed E-state index contributed by atoms with van der Waals surface area (Å²) in [7, 11) is 0. The smallest absolute Gasteiger partial charge is 0.325 e. The predicted octanol–water partition coefficient (Wildman–Crippen LogP) is 0.343. The van der Waals surface area contributed by atoms with E-state index < -0.39 is 75.1 Å². The van der Waals surface area contributed by atoms with Crippen LogP contribution < -0.4 is 17.0 Å². The van der Waals surface area contributed by atoms with Gasteiger partial charge in [-0.3, -0.25) is 18.9 Å². The lowest BCUT2D eigenvalue weighted by molar-refractivity contribution is -0.0555. The van der Waals surface area contributed by atoms with E-state index in [4.69, 9.17) is 62.6 Å². The van der Waals surface area contributed by atoms with Crippen molar-refractivity contribution in [3.8, 4) is 0 Å². The molecule has 7 heterocycles. The first-order valence-electron chi connectivity index (χ1n) is 13.0. The number of aromatic amines is 1. The van der Waals surface area contributed by atoms with Crippen molar-refractivity contribution < 1.29 is 41.7 Å². The average molecular weight is 692 g/mol. The van der Waals surface area contributed by atoms with Gasteiger partial charge in [-0.15, -0.1) is 0 Å². The highest BCUT2D eigenvalue weighted by atomic mass is 32.5. The number of nitrogens with two attached hydrogens (primary N) is 2. The molecule has 4 aromatic rings. The van der Waals surface area contributed by atoms with Crippen LogP contribution in [-0.4, -0.2) is 87.7 Å². The number of anilines is 2. The Hall–Kier alpha value is -2.52. The number of imidazole rings is 2. The van der Waals surface area contributed by atoms with Gasteiger partial charge in [-0.05, 0) is 29.7 Å². The lowest BCUT2D eigenvalue weighted by Crippen LogP contribution is -2.32. The Morgan fingerprint density at radius 3 is 2.59 bits per heavy atom. The second-order valence-corrected chi connectivity index (χ2v) is 15.7. The normalized spacial score (nSPS) is 36.6. The van der Waals surface area contributed by atoms with Gasteiger partial charge in [-0.2, -0.15) is 10.1 Å². The van der Waals surface area contributed by atoms with Crippen LogP contribution in [0.4, 0.5) is 16.0 Å². The van der Waals surface area contributed by atoms with Gasteiger partial charge < -0.3 is 44.3 Å². The molecular weight excluding hydrogens is 667 g/mol. The number of H-pyrrole nitrogens is 1. The molecule has 18 nitrogen and oxygen atoms in total. The van der Waals surface area contributed by atoms with Crippen LogP contribution in [0.1, 0.15) is 24.4 Å². The van der Waals surface area contributed by atoms with Crippen molar-refractivity contribution in [2.45, 2.75) is 49.3 Å². The van der Waals surface area contributed by atoms with Gasteiger partial charge >= 0.3 is 13.4 Å². The van der Waals surface area contributed by atoms with Crippen molar-refractivity contribution in [2.75, 3.05) is 24.7 Å². The van der Waals surface area contributed by atoms with Gasteiger partial charge in [0.05, 0.1) is 49.4 Å². The number of aromatic nitrogens is 7. The van der Waals surface area contributed by atoms with Crippen LogP contribution in [0.15, 0.2) is 29.6 Å². The average Bonchev–Trinajstić information content (AvgIpc) is 3.72. The molecule has 2 unspecified atom stereocenters. The van der Waals surface area contributed by atoms with E-state index in [1.54, 1.807) is 12.3 Å². The topological polar surface area (TPSA) is 242 Å². The van der Waals surface area contributed by atoms with Gasteiger partial charge in [0.15, 0.2) is 29.2 Å². The zero-order valence-corrected chi connectivity index (χ0v) is 25.6. The second kappa shape index (κ2) is 11.1. The molecule has 0 aliphatic carbocycles. The SMILES string of the molecule is Nc1nc2c(ncn2[C@@H]2O[C@@H]3COP(O)(=S)O[C@H]4C[C@H](c5cnc6c(N)ccnn56)O[C@@H]4COP(O)(=S)O[C@@H]2[C@@H]3F)c(=O)[nH]1. The number of alkyl halides is 1. The van der Waals surface area contributed by atoms with Crippen LogP contribution in [0.3, 0.4) is 0 Å². The molecule has 3 fully saturated rings. The molecule has 2 bridgehead atoms. The maximum Gasteiger partial charge on any atom is 0.325 e. The molecule has 7 rings (SSSR count). The number of nitrogen functional groups attached to an aromatic ring is 2. The van der Waals surface area contributed by atoms with E-state index in [1.165, 1.54) is 21.6 Å². The van der Waals surface area contributed by atoms with Gasteiger partial charge in [-0.25, -0.2) is 18.9 Å². The highest BCUT2D eigenvalue weighted by Gasteiger charge is 2.51. The van der Waals surface area contributed by atoms with Crippen molar-refractivity contribution in [3.63, 3.8) is 0 Å². The summed E-state index contributed by atoms with van der Waals surface area (Å²) in [6.45, 7) is -9.18. The summed E-state index contributed by atoms with van der Waals surface area (Å²) in [6, 6.07) is 1.60. The largest absolute Gasteiger partial charge is 0.396 e. The Morgan fingerprint density at radius 1 is 1.05 bits per heavy atom. The van der Waals surface area contributed by atoms with Crippen molar-refractivity contribution >= 4 is 65.5 Å². The summed E-state index contributed by atoms with van der Waals surface area (Å²) in [5, 5.41) is 4.28. The van der Waals surface area contributed by atoms with Crippen molar-refractivity contribution in [1.29, 1.82) is 0 Å². The van der Waals surface area contributed by atoms with E-state index >= 15 is 4.39 Å². The van der Waals surface area contributed by atoms with E-state index in [9.17, 15) is 14.6 Å². The molecule has 0 aromatic carbocycles. The molecule has 23 heteroatoms. The van der Waals surface area contributed by atoms with E-state index in [0.717, 1.165) is 0 Å². The Balaban J connectivity index is 1.19. The Morgan fingerprint density at radius 2 is 1.80 bits per heavy atom. The third-order valence-electron chi connectivity index (χ3n) is 7.31. The van der Waals surface area contributed by atoms with Gasteiger partial charge in [0.2, 0.25) is 5.95 Å². The number of halogens is 1. The number of rotatable bonds is 2. The molecule has 4 aromatic heterocycles. The summed E-state index contributed by atoms with van der Waals surface area (Å²) in [5.74, 6) is -0.222. The van der Waals surface area contributed by atoms with Crippen LogP contribution in [0.2, 0.25) is 0 Å². The molecule has 0 amide bonds. The standard InChI is InChI=1S/C21H24FN9O9P2S2/c22-14-13-6-36-41(33,43)39-11-3-10(9-4-25-17-8(23)1-2-27-31(9)17)37-12(11)5-35-42(34,44)40-16(14)20(38-13)30-7-26-15-18(30)28-21(24)29-19(15)32/h1-2,4,7,10-14,16,20H,3,5-6,23H2,(H,33,43)(H,34,44)(H3,24,28,29,32)/t10-,11+,12-,13-,14-,16-,20-,41?,42?/m1/s1. The number of nitrogens with zero attached hydrogens (tertiary/aromatic N) is 6. The van der Waals surface area contributed by atoms with Crippen LogP contribution in [0.25, 0.3) is 16.8 Å². The van der Waals surface area contributed by atoms with Crippen molar-refractivity contribution in [1.82, 2.24) is 34.1 Å². The Bertz CT molecular complexity index is 1910. The third-order valence-corrected chi connectivity index (χ3v) is 10.5. The first-order chi connectivity index (χ1) is 20.9. The van der Waals surface area contributed by atoms with Crippen LogP contribution in [0, 0.1) is 0 Å². The number of hydrogen-bond donors (Lipinski definition) is 5. The minimum atomic E-state index is -4.20. The lowest BCUT2D eigenvalue weighted by Gasteiger charge is -2.27. The molecule has 3 saturated heterocycles. The highest BCUT2D eigenvalue weighted by Crippen LogP contribution is 2.54. The summed E-state index contributed by atoms with van der Waals surface area (Å²) < 4.78 is 53.2.